The van der Waals surface area contributed by atoms with Crippen LogP contribution >= 0.6 is 11.3 Å². The van der Waals surface area contributed by atoms with Crippen LogP contribution in [0.2, 0.25) is 0 Å². The minimum atomic E-state index is -0.107. The normalized spacial score (nSPS) is 27.5. The van der Waals surface area contributed by atoms with Crippen LogP contribution in [0.15, 0.2) is 11.6 Å². The van der Waals surface area contributed by atoms with E-state index >= 15 is 0 Å². The van der Waals surface area contributed by atoms with Crippen LogP contribution in [0.4, 0.5) is 0 Å². The fourth-order valence-electron chi connectivity index (χ4n) is 4.77. The summed E-state index contributed by atoms with van der Waals surface area (Å²) < 4.78 is 0. The zero-order valence-corrected chi connectivity index (χ0v) is 16.2. The fraction of sp³-hybridized carbons (Fsp3) is 0.737. The van der Waals surface area contributed by atoms with Gasteiger partial charge in [0.15, 0.2) is 0 Å². The molecule has 4 rings (SSSR count). The molecule has 4 heterocycles. The summed E-state index contributed by atoms with van der Waals surface area (Å²) in [5, 5.41) is 3.18. The Balaban J connectivity index is 1.42. The predicted octanol–water partition coefficient (Wildman–Crippen LogP) is 2.11. The molecule has 7 heteroatoms. The summed E-state index contributed by atoms with van der Waals surface area (Å²) >= 11 is 1.70. The molecule has 0 aromatic carbocycles. The van der Waals surface area contributed by atoms with Gasteiger partial charge in [-0.05, 0) is 45.1 Å². The van der Waals surface area contributed by atoms with Crippen molar-refractivity contribution in [1.29, 1.82) is 0 Å². The Labute approximate surface area is 159 Å². The second-order valence-electron chi connectivity index (χ2n) is 7.85. The number of amides is 2. The maximum atomic E-state index is 12.6. The molecule has 2 amide bonds. The Morgan fingerprint density at radius 3 is 2.73 bits per heavy atom. The van der Waals surface area contributed by atoms with Crippen molar-refractivity contribution in [1.82, 2.24) is 19.7 Å². The molecule has 26 heavy (non-hydrogen) atoms. The van der Waals surface area contributed by atoms with E-state index in [1.54, 1.807) is 11.3 Å². The summed E-state index contributed by atoms with van der Waals surface area (Å²) in [6, 6.07) is 0. The zero-order valence-electron chi connectivity index (χ0n) is 15.4. The standard InChI is InChI=1S/C19H28N4O2S/c24-17-4-6-19(23(17)15-18(25)22-10-1-2-11-22)5-3-9-21(12-7-19)14-16-20-8-13-26-16/h8,13H,1-7,9-12,14-15H2/t19-/m0/s1. The molecule has 6 nitrogen and oxygen atoms in total. The maximum absolute atomic E-state index is 12.6. The molecule has 0 N–H and O–H groups in total. The second-order valence-corrected chi connectivity index (χ2v) is 8.83. The summed E-state index contributed by atoms with van der Waals surface area (Å²) in [6.45, 7) is 4.91. The lowest BCUT2D eigenvalue weighted by Gasteiger charge is -2.38. The molecule has 1 aromatic rings. The lowest BCUT2D eigenvalue weighted by molar-refractivity contribution is -0.141. The van der Waals surface area contributed by atoms with Crippen LogP contribution < -0.4 is 0 Å². The van der Waals surface area contributed by atoms with Crippen LogP contribution in [0.25, 0.3) is 0 Å². The molecule has 1 spiro atoms. The number of hydrogen-bond acceptors (Lipinski definition) is 5. The molecular formula is C19H28N4O2S. The largest absolute Gasteiger partial charge is 0.341 e. The minimum absolute atomic E-state index is 0.107. The third kappa shape index (κ3) is 3.64. The predicted molar refractivity (Wildman–Crippen MR) is 101 cm³/mol. The molecule has 1 atom stereocenters. The first-order valence-electron chi connectivity index (χ1n) is 9.85. The third-order valence-electron chi connectivity index (χ3n) is 6.28. The van der Waals surface area contributed by atoms with Crippen molar-refractivity contribution in [2.45, 2.75) is 57.0 Å². The van der Waals surface area contributed by atoms with Crippen molar-refractivity contribution in [3.8, 4) is 0 Å². The highest BCUT2D eigenvalue weighted by molar-refractivity contribution is 7.09. The van der Waals surface area contributed by atoms with Crippen molar-refractivity contribution >= 4 is 23.2 Å². The van der Waals surface area contributed by atoms with Gasteiger partial charge in [0.05, 0.1) is 6.54 Å². The number of likely N-dealkylation sites (tertiary alicyclic amines) is 3. The molecule has 142 valence electrons. The molecule has 3 aliphatic heterocycles. The van der Waals surface area contributed by atoms with Gasteiger partial charge in [0, 0.05) is 43.2 Å². The molecule has 0 radical (unpaired) electrons. The molecule has 3 aliphatic rings. The van der Waals surface area contributed by atoms with E-state index in [0.29, 0.717) is 6.42 Å². The molecule has 0 aliphatic carbocycles. The van der Waals surface area contributed by atoms with Crippen molar-refractivity contribution in [3.05, 3.63) is 16.6 Å². The highest BCUT2D eigenvalue weighted by Gasteiger charge is 2.46. The second kappa shape index (κ2) is 7.64. The number of carbonyl (C=O) groups excluding carboxylic acids is 2. The first kappa shape index (κ1) is 17.9. The SMILES string of the molecule is O=C(CN1C(=O)CC[C@]12CCCN(Cc1nccs1)CC2)N1CCCC1. The van der Waals surface area contributed by atoms with E-state index in [1.165, 1.54) is 0 Å². The summed E-state index contributed by atoms with van der Waals surface area (Å²) in [5.74, 6) is 0.312. The van der Waals surface area contributed by atoms with Gasteiger partial charge >= 0.3 is 0 Å². The van der Waals surface area contributed by atoms with Crippen LogP contribution in [-0.2, 0) is 16.1 Å². The van der Waals surface area contributed by atoms with E-state index in [1.807, 2.05) is 21.4 Å². The smallest absolute Gasteiger partial charge is 0.242 e. The number of aromatic nitrogens is 1. The van der Waals surface area contributed by atoms with Crippen LogP contribution in [0, 0.1) is 0 Å². The molecule has 3 fully saturated rings. The van der Waals surface area contributed by atoms with Gasteiger partial charge in [-0.2, -0.15) is 0 Å². The zero-order chi connectivity index (χ0) is 18.0. The average molecular weight is 377 g/mol. The Morgan fingerprint density at radius 2 is 1.96 bits per heavy atom. The number of hydrogen-bond donors (Lipinski definition) is 0. The van der Waals surface area contributed by atoms with E-state index in [9.17, 15) is 9.59 Å². The van der Waals surface area contributed by atoms with Gasteiger partial charge in [-0.1, -0.05) is 0 Å². The Morgan fingerprint density at radius 1 is 1.12 bits per heavy atom. The molecule has 0 bridgehead atoms. The van der Waals surface area contributed by atoms with E-state index in [4.69, 9.17) is 0 Å². The summed E-state index contributed by atoms with van der Waals surface area (Å²) in [6.07, 6.45) is 8.61. The Bertz CT molecular complexity index is 644. The molecular weight excluding hydrogens is 348 g/mol. The van der Waals surface area contributed by atoms with Gasteiger partial charge in [-0.25, -0.2) is 4.98 Å². The number of carbonyl (C=O) groups is 2. The van der Waals surface area contributed by atoms with Gasteiger partial charge in [-0.3, -0.25) is 14.5 Å². The first-order chi connectivity index (χ1) is 12.7. The Kier molecular flexibility index (Phi) is 5.27. The minimum Gasteiger partial charge on any atom is -0.341 e. The van der Waals surface area contributed by atoms with Gasteiger partial charge in [0.2, 0.25) is 11.8 Å². The summed E-state index contributed by atoms with van der Waals surface area (Å²) in [4.78, 5) is 36.0. The Hall–Kier alpha value is -1.47. The van der Waals surface area contributed by atoms with Crippen LogP contribution in [0.5, 0.6) is 0 Å². The lowest BCUT2D eigenvalue weighted by Crippen LogP contribution is -2.51. The summed E-state index contributed by atoms with van der Waals surface area (Å²) in [7, 11) is 0. The van der Waals surface area contributed by atoms with Crippen molar-refractivity contribution in [3.63, 3.8) is 0 Å². The average Bonchev–Trinajstić information content (AvgIpc) is 3.35. The van der Waals surface area contributed by atoms with Crippen molar-refractivity contribution in [2.75, 3.05) is 32.7 Å². The highest BCUT2D eigenvalue weighted by Crippen LogP contribution is 2.39. The quantitative estimate of drug-likeness (QED) is 0.808. The van der Waals surface area contributed by atoms with Gasteiger partial charge < -0.3 is 9.80 Å². The third-order valence-corrected chi connectivity index (χ3v) is 7.05. The fourth-order valence-corrected chi connectivity index (χ4v) is 5.42. The number of rotatable bonds is 4. The van der Waals surface area contributed by atoms with Crippen molar-refractivity contribution < 1.29 is 9.59 Å². The maximum Gasteiger partial charge on any atom is 0.242 e. The number of thiazole rings is 1. The molecule has 0 unspecified atom stereocenters. The molecule has 1 aromatic heterocycles. The summed E-state index contributed by atoms with van der Waals surface area (Å²) in [5.41, 5.74) is -0.107. The van der Waals surface area contributed by atoms with Crippen LogP contribution in [0.1, 0.15) is 50.0 Å². The number of nitrogens with zero attached hydrogens (tertiary/aromatic N) is 4. The van der Waals surface area contributed by atoms with Crippen LogP contribution in [0.3, 0.4) is 0 Å². The lowest BCUT2D eigenvalue weighted by atomic mass is 9.87. The van der Waals surface area contributed by atoms with Gasteiger partial charge in [0.25, 0.3) is 0 Å². The van der Waals surface area contributed by atoms with E-state index in [-0.39, 0.29) is 23.9 Å². The monoisotopic (exact) mass is 376 g/mol. The van der Waals surface area contributed by atoms with E-state index in [0.717, 1.165) is 76.3 Å². The topological polar surface area (TPSA) is 56.8 Å². The van der Waals surface area contributed by atoms with Crippen LogP contribution in [-0.4, -0.2) is 69.8 Å². The van der Waals surface area contributed by atoms with Gasteiger partial charge in [0.1, 0.15) is 11.6 Å². The van der Waals surface area contributed by atoms with E-state index in [2.05, 4.69) is 9.88 Å². The molecule has 0 saturated carbocycles. The molecule has 3 saturated heterocycles. The van der Waals surface area contributed by atoms with E-state index < -0.39 is 0 Å². The first-order valence-corrected chi connectivity index (χ1v) is 10.7. The van der Waals surface area contributed by atoms with Crippen molar-refractivity contribution in [2.24, 2.45) is 0 Å². The highest BCUT2D eigenvalue weighted by atomic mass is 32.1. The van der Waals surface area contributed by atoms with Gasteiger partial charge in [-0.15, -0.1) is 11.3 Å².